The van der Waals surface area contributed by atoms with Crippen LogP contribution in [0.2, 0.25) is 0 Å². The van der Waals surface area contributed by atoms with Gasteiger partial charge in [0.2, 0.25) is 0 Å². The molecule has 3 aromatic rings. The summed E-state index contributed by atoms with van der Waals surface area (Å²) in [5.74, 6) is 1.27. The zero-order valence-electron chi connectivity index (χ0n) is 14.1. The summed E-state index contributed by atoms with van der Waals surface area (Å²) in [6.07, 6.45) is 0.865. The highest BCUT2D eigenvalue weighted by molar-refractivity contribution is 7.18. The van der Waals surface area contributed by atoms with E-state index < -0.39 is 6.10 Å². The van der Waals surface area contributed by atoms with Gasteiger partial charge < -0.3 is 14.6 Å². The third-order valence-corrected chi connectivity index (χ3v) is 5.11. The number of aliphatic hydroxyl groups excluding tert-OH is 1. The highest BCUT2D eigenvalue weighted by atomic mass is 32.1. The molecule has 4 nitrogen and oxygen atoms in total. The van der Waals surface area contributed by atoms with E-state index in [9.17, 15) is 5.11 Å². The second kappa shape index (κ2) is 7.20. The molecule has 2 aromatic carbocycles. The Morgan fingerprint density at radius 1 is 1.08 bits per heavy atom. The van der Waals surface area contributed by atoms with Gasteiger partial charge in [0.15, 0.2) is 11.5 Å². The number of fused-ring (bicyclic) bond motifs is 1. The van der Waals surface area contributed by atoms with Crippen LogP contribution < -0.4 is 9.47 Å². The van der Waals surface area contributed by atoms with Crippen molar-refractivity contribution >= 4 is 21.6 Å². The number of aryl methyl sites for hydroxylation is 1. The minimum atomic E-state index is -0.629. The maximum absolute atomic E-state index is 10.6. The summed E-state index contributed by atoms with van der Waals surface area (Å²) in [6, 6.07) is 11.8. The van der Waals surface area contributed by atoms with Gasteiger partial charge in [-0.25, -0.2) is 4.98 Å². The van der Waals surface area contributed by atoms with Gasteiger partial charge in [0, 0.05) is 6.42 Å². The molecular formula is C19H21NO3S. The maximum atomic E-state index is 10.6. The number of ether oxygens (including phenoxy) is 2. The van der Waals surface area contributed by atoms with E-state index in [1.165, 1.54) is 10.3 Å². The minimum Gasteiger partial charge on any atom is -0.493 e. The standard InChI is InChI=1S/C19H21NO3S/c1-4-12-5-7-14-18(9-12)24-19(20-14)11-15(21)13-6-8-16(22-2)17(10-13)23-3/h5-10,15,21H,4,11H2,1-3H3. The Hall–Kier alpha value is -2.11. The van der Waals surface area contributed by atoms with Gasteiger partial charge in [0.1, 0.15) is 0 Å². The number of hydrogen-bond acceptors (Lipinski definition) is 5. The first-order chi connectivity index (χ1) is 11.6. The summed E-state index contributed by atoms with van der Waals surface area (Å²) < 4.78 is 11.7. The average Bonchev–Trinajstić information content (AvgIpc) is 3.02. The number of methoxy groups -OCH3 is 2. The fraction of sp³-hybridized carbons (Fsp3) is 0.316. The summed E-state index contributed by atoms with van der Waals surface area (Å²) in [5.41, 5.74) is 3.09. The number of rotatable bonds is 6. The molecule has 1 aromatic heterocycles. The minimum absolute atomic E-state index is 0.482. The molecule has 1 N–H and O–H groups in total. The van der Waals surface area contributed by atoms with E-state index in [1.54, 1.807) is 25.6 Å². The zero-order valence-corrected chi connectivity index (χ0v) is 14.9. The van der Waals surface area contributed by atoms with E-state index in [0.717, 1.165) is 22.5 Å². The van der Waals surface area contributed by atoms with Gasteiger partial charge in [0.05, 0.1) is 35.5 Å². The molecule has 0 aliphatic heterocycles. The SMILES string of the molecule is CCc1ccc2nc(CC(O)c3ccc(OC)c(OC)c3)sc2c1. The predicted molar refractivity (Wildman–Crippen MR) is 97.2 cm³/mol. The fourth-order valence-electron chi connectivity index (χ4n) is 2.67. The number of aliphatic hydroxyl groups is 1. The van der Waals surface area contributed by atoms with Crippen LogP contribution >= 0.6 is 11.3 Å². The van der Waals surface area contributed by atoms with Crippen LogP contribution in [-0.2, 0) is 12.8 Å². The second-order valence-corrected chi connectivity index (χ2v) is 6.71. The van der Waals surface area contributed by atoms with Gasteiger partial charge in [0.25, 0.3) is 0 Å². The molecule has 1 atom stereocenters. The van der Waals surface area contributed by atoms with Crippen molar-refractivity contribution in [1.82, 2.24) is 4.98 Å². The number of benzene rings is 2. The summed E-state index contributed by atoms with van der Waals surface area (Å²) in [5, 5.41) is 11.5. The number of nitrogens with zero attached hydrogens (tertiary/aromatic N) is 1. The predicted octanol–water partition coefficient (Wildman–Crippen LogP) is 4.15. The molecule has 3 rings (SSSR count). The van der Waals surface area contributed by atoms with Gasteiger partial charge in [-0.3, -0.25) is 0 Å². The van der Waals surface area contributed by atoms with Crippen molar-refractivity contribution in [1.29, 1.82) is 0 Å². The molecule has 1 heterocycles. The lowest BCUT2D eigenvalue weighted by molar-refractivity contribution is 0.178. The van der Waals surface area contributed by atoms with Gasteiger partial charge in [-0.1, -0.05) is 19.1 Å². The molecule has 1 unspecified atom stereocenters. The maximum Gasteiger partial charge on any atom is 0.161 e. The van der Waals surface area contributed by atoms with Gasteiger partial charge in [-0.15, -0.1) is 11.3 Å². The second-order valence-electron chi connectivity index (χ2n) is 5.60. The van der Waals surface area contributed by atoms with Crippen LogP contribution in [-0.4, -0.2) is 24.3 Å². The van der Waals surface area contributed by atoms with Crippen LogP contribution in [0.15, 0.2) is 36.4 Å². The molecule has 0 saturated carbocycles. The molecule has 0 saturated heterocycles. The first-order valence-electron chi connectivity index (χ1n) is 7.93. The highest BCUT2D eigenvalue weighted by Gasteiger charge is 2.15. The molecule has 0 fully saturated rings. The molecule has 126 valence electrons. The smallest absolute Gasteiger partial charge is 0.161 e. The molecule has 0 aliphatic carbocycles. The van der Waals surface area contributed by atoms with Crippen molar-refractivity contribution in [2.24, 2.45) is 0 Å². The zero-order chi connectivity index (χ0) is 17.1. The van der Waals surface area contributed by atoms with Crippen molar-refractivity contribution in [2.75, 3.05) is 14.2 Å². The van der Waals surface area contributed by atoms with E-state index in [-0.39, 0.29) is 0 Å². The Kier molecular flexibility index (Phi) is 5.02. The van der Waals surface area contributed by atoms with E-state index in [0.29, 0.717) is 17.9 Å². The number of thiazole rings is 1. The number of hydrogen-bond donors (Lipinski definition) is 1. The Bertz CT molecular complexity index is 844. The van der Waals surface area contributed by atoms with E-state index in [2.05, 4.69) is 30.1 Å². The van der Waals surface area contributed by atoms with Crippen LogP contribution in [0.5, 0.6) is 11.5 Å². The molecule has 0 aliphatic rings. The summed E-state index contributed by atoms with van der Waals surface area (Å²) in [7, 11) is 3.19. The van der Waals surface area contributed by atoms with Crippen LogP contribution in [0, 0.1) is 0 Å². The van der Waals surface area contributed by atoms with E-state index in [1.807, 2.05) is 18.2 Å². The van der Waals surface area contributed by atoms with Crippen LogP contribution in [0.25, 0.3) is 10.2 Å². The van der Waals surface area contributed by atoms with Crippen molar-refractivity contribution in [3.05, 3.63) is 52.5 Å². The largest absolute Gasteiger partial charge is 0.493 e. The van der Waals surface area contributed by atoms with Crippen molar-refractivity contribution in [2.45, 2.75) is 25.9 Å². The molecule has 0 spiro atoms. The van der Waals surface area contributed by atoms with Gasteiger partial charge in [-0.05, 0) is 41.8 Å². The van der Waals surface area contributed by atoms with Gasteiger partial charge >= 0.3 is 0 Å². The Morgan fingerprint density at radius 3 is 2.58 bits per heavy atom. The summed E-state index contributed by atoms with van der Waals surface area (Å²) in [4.78, 5) is 4.63. The molecular weight excluding hydrogens is 322 g/mol. The average molecular weight is 343 g/mol. The summed E-state index contributed by atoms with van der Waals surface area (Å²) in [6.45, 7) is 2.14. The van der Waals surface area contributed by atoms with Crippen molar-refractivity contribution < 1.29 is 14.6 Å². The highest BCUT2D eigenvalue weighted by Crippen LogP contribution is 2.32. The third kappa shape index (κ3) is 3.37. The third-order valence-electron chi connectivity index (χ3n) is 4.07. The van der Waals surface area contributed by atoms with Gasteiger partial charge in [-0.2, -0.15) is 0 Å². The first kappa shape index (κ1) is 16.7. The quantitative estimate of drug-likeness (QED) is 0.730. The lowest BCUT2D eigenvalue weighted by Crippen LogP contribution is -2.02. The van der Waals surface area contributed by atoms with Crippen molar-refractivity contribution in [3.8, 4) is 11.5 Å². The molecule has 24 heavy (non-hydrogen) atoms. The molecule has 0 bridgehead atoms. The van der Waals surface area contributed by atoms with E-state index >= 15 is 0 Å². The van der Waals surface area contributed by atoms with Crippen LogP contribution in [0.4, 0.5) is 0 Å². The molecule has 0 amide bonds. The first-order valence-corrected chi connectivity index (χ1v) is 8.74. The lowest BCUT2D eigenvalue weighted by Gasteiger charge is -2.13. The number of aromatic nitrogens is 1. The Morgan fingerprint density at radius 2 is 1.88 bits per heavy atom. The topological polar surface area (TPSA) is 51.6 Å². The molecule has 5 heteroatoms. The summed E-state index contributed by atoms with van der Waals surface area (Å²) >= 11 is 1.64. The monoisotopic (exact) mass is 343 g/mol. The Labute approximate surface area is 145 Å². The fourth-order valence-corrected chi connectivity index (χ4v) is 3.73. The van der Waals surface area contributed by atoms with Crippen LogP contribution in [0.3, 0.4) is 0 Å². The van der Waals surface area contributed by atoms with Crippen LogP contribution in [0.1, 0.15) is 29.2 Å². The Balaban J connectivity index is 1.82. The lowest BCUT2D eigenvalue weighted by atomic mass is 10.1. The molecule has 0 radical (unpaired) electrons. The van der Waals surface area contributed by atoms with Crippen molar-refractivity contribution in [3.63, 3.8) is 0 Å². The normalized spacial score (nSPS) is 12.3. The van der Waals surface area contributed by atoms with E-state index in [4.69, 9.17) is 9.47 Å².